The van der Waals surface area contributed by atoms with Gasteiger partial charge in [-0.1, -0.05) is 29.5 Å². The van der Waals surface area contributed by atoms with Crippen LogP contribution in [0.1, 0.15) is 39.9 Å². The monoisotopic (exact) mass is 435 g/mol. The molecule has 2 aromatic carbocycles. The molecule has 3 N–H and O–H groups in total. The summed E-state index contributed by atoms with van der Waals surface area (Å²) in [7, 11) is 3.79. The van der Waals surface area contributed by atoms with Crippen LogP contribution in [-0.4, -0.2) is 47.5 Å². The van der Waals surface area contributed by atoms with Crippen molar-refractivity contribution in [1.29, 1.82) is 0 Å². The minimum Gasteiger partial charge on any atom is -0.392 e. The van der Waals surface area contributed by atoms with Gasteiger partial charge in [-0.25, -0.2) is 4.98 Å². The molecular weight excluding hydrogens is 410 g/mol. The summed E-state index contributed by atoms with van der Waals surface area (Å²) in [5, 5.41) is 12.4. The zero-order valence-electron chi connectivity index (χ0n) is 17.9. The molecule has 0 aliphatic carbocycles. The largest absolute Gasteiger partial charge is 0.392 e. The molecule has 0 amide bonds. The minimum atomic E-state index is -0.516. The van der Waals surface area contributed by atoms with E-state index in [9.17, 15) is 9.90 Å². The van der Waals surface area contributed by atoms with Crippen molar-refractivity contribution < 1.29 is 9.90 Å². The summed E-state index contributed by atoms with van der Waals surface area (Å²) < 4.78 is 0. The number of fused-ring (bicyclic) bond motifs is 1. The van der Waals surface area contributed by atoms with Crippen LogP contribution in [0, 0.1) is 18.8 Å². The molecule has 1 aromatic heterocycles. The molecule has 0 bridgehead atoms. The van der Waals surface area contributed by atoms with E-state index in [1.54, 1.807) is 18.3 Å². The first-order valence-corrected chi connectivity index (χ1v) is 10.4. The maximum atomic E-state index is 12.6. The van der Waals surface area contributed by atoms with Crippen molar-refractivity contribution in [2.24, 2.45) is 0 Å². The van der Waals surface area contributed by atoms with Crippen LogP contribution in [-0.2, 0) is 0 Å². The molecule has 0 aliphatic rings. The molecule has 1 heterocycles. The van der Waals surface area contributed by atoms with Gasteiger partial charge in [-0.05, 0) is 63.3 Å². The number of hydrogen-bond acceptors (Lipinski definition) is 5. The Morgan fingerprint density at radius 1 is 1.23 bits per heavy atom. The summed E-state index contributed by atoms with van der Waals surface area (Å²) in [6, 6.07) is 11.0. The third-order valence-corrected chi connectivity index (χ3v) is 5.26. The maximum Gasteiger partial charge on any atom is 0.163 e. The number of rotatable bonds is 6. The highest BCUT2D eigenvalue weighted by atomic mass is 35.5. The Labute approximate surface area is 187 Å². The highest BCUT2D eigenvalue weighted by molar-refractivity contribution is 6.31. The van der Waals surface area contributed by atoms with Crippen LogP contribution in [0.2, 0.25) is 5.02 Å². The highest BCUT2D eigenvalue weighted by Gasteiger charge is 2.13. The number of nitrogen functional groups attached to an aromatic ring is 1. The molecule has 1 unspecified atom stereocenters. The average molecular weight is 436 g/mol. The predicted octanol–water partition coefficient (Wildman–Crippen LogP) is 4.06. The lowest BCUT2D eigenvalue weighted by molar-refractivity contribution is 0.0909. The van der Waals surface area contributed by atoms with E-state index in [0.717, 1.165) is 21.9 Å². The van der Waals surface area contributed by atoms with Crippen molar-refractivity contribution in [2.75, 3.05) is 26.4 Å². The molecule has 0 radical (unpaired) electrons. The van der Waals surface area contributed by atoms with Gasteiger partial charge in [0.15, 0.2) is 5.78 Å². The van der Waals surface area contributed by atoms with Crippen LogP contribution in [0.25, 0.3) is 10.8 Å². The number of benzene rings is 2. The van der Waals surface area contributed by atoms with Crippen molar-refractivity contribution in [3.8, 4) is 11.8 Å². The number of nitrogens with two attached hydrogens (primary N) is 1. The van der Waals surface area contributed by atoms with Gasteiger partial charge in [0, 0.05) is 46.1 Å². The van der Waals surface area contributed by atoms with Crippen molar-refractivity contribution in [3.05, 3.63) is 69.9 Å². The number of halogens is 1. The Bertz CT molecular complexity index is 1170. The normalized spacial score (nSPS) is 11.9. The van der Waals surface area contributed by atoms with Gasteiger partial charge >= 0.3 is 0 Å². The van der Waals surface area contributed by atoms with Crippen molar-refractivity contribution in [1.82, 2.24) is 9.88 Å². The Morgan fingerprint density at radius 3 is 2.71 bits per heavy atom. The van der Waals surface area contributed by atoms with E-state index in [2.05, 4.69) is 16.8 Å². The number of carbonyl (C=O) groups excluding carboxylic acids is 1. The molecule has 3 rings (SSSR count). The van der Waals surface area contributed by atoms with Crippen LogP contribution in [0.5, 0.6) is 0 Å². The average Bonchev–Trinajstić information content (AvgIpc) is 2.71. The summed E-state index contributed by atoms with van der Waals surface area (Å²) >= 11 is 6.14. The number of aliphatic hydroxyl groups excluding tert-OH is 1. The second-order valence-electron chi connectivity index (χ2n) is 7.91. The maximum absolute atomic E-state index is 12.6. The highest BCUT2D eigenvalue weighted by Crippen LogP contribution is 2.25. The molecule has 0 fully saturated rings. The smallest absolute Gasteiger partial charge is 0.163 e. The van der Waals surface area contributed by atoms with Crippen LogP contribution >= 0.6 is 11.6 Å². The van der Waals surface area contributed by atoms with E-state index >= 15 is 0 Å². The van der Waals surface area contributed by atoms with Gasteiger partial charge in [0.25, 0.3) is 0 Å². The summed E-state index contributed by atoms with van der Waals surface area (Å²) in [4.78, 5) is 18.7. The number of Topliss-reactive ketones (excluding diaryl/α,β-unsaturated/α-hetero) is 1. The molecule has 0 saturated heterocycles. The summed E-state index contributed by atoms with van der Waals surface area (Å²) in [6.45, 7) is 2.43. The zero-order chi connectivity index (χ0) is 22.5. The number of aromatic nitrogens is 1. The van der Waals surface area contributed by atoms with E-state index in [1.807, 2.05) is 50.2 Å². The van der Waals surface area contributed by atoms with E-state index in [1.165, 1.54) is 0 Å². The van der Waals surface area contributed by atoms with Crippen LogP contribution in [0.3, 0.4) is 0 Å². The third kappa shape index (κ3) is 5.83. The molecular formula is C25H26ClN3O2. The van der Waals surface area contributed by atoms with Gasteiger partial charge in [0.2, 0.25) is 0 Å². The standard InChI is InChI=1S/C25H26ClN3O2/c1-16-12-17(4-9-21(16)24(31)11-8-20(30)15-29(2)3)5-10-22-23-13-19(26)7-6-18(23)14-28-25(22)27/h4,6-7,9,12-14,20,30H,8,11,15H2,1-3H3,(H2,27,28). The van der Waals surface area contributed by atoms with E-state index < -0.39 is 6.10 Å². The molecule has 3 aromatic rings. The lowest BCUT2D eigenvalue weighted by atomic mass is 9.98. The van der Waals surface area contributed by atoms with E-state index in [0.29, 0.717) is 41.4 Å². The van der Waals surface area contributed by atoms with Gasteiger partial charge in [-0.15, -0.1) is 0 Å². The molecule has 31 heavy (non-hydrogen) atoms. The summed E-state index contributed by atoms with van der Waals surface area (Å²) in [5.41, 5.74) is 8.97. The zero-order valence-corrected chi connectivity index (χ0v) is 18.7. The fraction of sp³-hybridized carbons (Fsp3) is 0.280. The number of aryl methyl sites for hydroxylation is 1. The molecule has 5 nitrogen and oxygen atoms in total. The van der Waals surface area contributed by atoms with Crippen LogP contribution in [0.15, 0.2) is 42.6 Å². The van der Waals surface area contributed by atoms with Crippen molar-refractivity contribution >= 4 is 34.0 Å². The quantitative estimate of drug-likeness (QED) is 0.450. The molecule has 6 heteroatoms. The molecule has 0 spiro atoms. The van der Waals surface area contributed by atoms with Gasteiger partial charge in [0.05, 0.1) is 11.7 Å². The fourth-order valence-corrected chi connectivity index (χ4v) is 3.64. The number of hydrogen-bond donors (Lipinski definition) is 2. The Hall–Kier alpha value is -2.91. The Balaban J connectivity index is 1.80. The van der Waals surface area contributed by atoms with E-state index in [-0.39, 0.29) is 5.78 Å². The number of aliphatic hydroxyl groups is 1. The Kier molecular flexibility index (Phi) is 7.29. The number of nitrogens with zero attached hydrogens (tertiary/aromatic N) is 2. The van der Waals surface area contributed by atoms with Gasteiger partial charge < -0.3 is 15.7 Å². The first-order chi connectivity index (χ1) is 14.7. The molecule has 0 aliphatic heterocycles. The van der Waals surface area contributed by atoms with Gasteiger partial charge in [0.1, 0.15) is 5.82 Å². The van der Waals surface area contributed by atoms with Crippen LogP contribution in [0.4, 0.5) is 5.82 Å². The predicted molar refractivity (Wildman–Crippen MR) is 126 cm³/mol. The van der Waals surface area contributed by atoms with Gasteiger partial charge in [-0.3, -0.25) is 4.79 Å². The Morgan fingerprint density at radius 2 is 2.00 bits per heavy atom. The number of anilines is 1. The van der Waals surface area contributed by atoms with Crippen molar-refractivity contribution in [3.63, 3.8) is 0 Å². The topological polar surface area (TPSA) is 79.4 Å². The third-order valence-electron chi connectivity index (χ3n) is 5.02. The number of ketones is 1. The first kappa shape index (κ1) is 22.8. The lowest BCUT2D eigenvalue weighted by Crippen LogP contribution is -2.26. The van der Waals surface area contributed by atoms with E-state index in [4.69, 9.17) is 17.3 Å². The summed E-state index contributed by atoms with van der Waals surface area (Å²) in [6.07, 6.45) is 1.93. The number of carbonyl (C=O) groups is 1. The fourth-order valence-electron chi connectivity index (χ4n) is 3.46. The second-order valence-corrected chi connectivity index (χ2v) is 8.34. The minimum absolute atomic E-state index is 0.0203. The van der Waals surface area contributed by atoms with Crippen LogP contribution < -0.4 is 5.73 Å². The molecule has 1 atom stereocenters. The first-order valence-electron chi connectivity index (χ1n) is 10.1. The number of pyridine rings is 1. The second kappa shape index (κ2) is 9.93. The number of likely N-dealkylation sites (N-methyl/N-ethyl adjacent to an activating group) is 1. The molecule has 160 valence electrons. The SMILES string of the molecule is Cc1cc(C#Cc2c(N)ncc3ccc(Cl)cc23)ccc1C(=O)CCC(O)CN(C)C. The molecule has 0 saturated carbocycles. The summed E-state index contributed by atoms with van der Waals surface area (Å²) in [5.74, 6) is 6.61. The lowest BCUT2D eigenvalue weighted by Gasteiger charge is -2.15. The van der Waals surface area contributed by atoms with Crippen molar-refractivity contribution in [2.45, 2.75) is 25.9 Å². The van der Waals surface area contributed by atoms with Gasteiger partial charge in [-0.2, -0.15) is 0 Å².